The number of hydrogen-bond acceptors (Lipinski definition) is 5. The number of nitrogens with zero attached hydrogens (tertiary/aromatic N) is 2. The lowest BCUT2D eigenvalue weighted by Crippen LogP contribution is -2.00. The Hall–Kier alpha value is -4.06. The fourth-order valence-corrected chi connectivity index (χ4v) is 4.07. The van der Waals surface area contributed by atoms with Gasteiger partial charge in [-0.1, -0.05) is 30.3 Å². The van der Waals surface area contributed by atoms with Crippen molar-refractivity contribution in [2.24, 2.45) is 0 Å². The highest BCUT2D eigenvalue weighted by molar-refractivity contribution is 6.14. The molecule has 0 radical (unpaired) electrons. The summed E-state index contributed by atoms with van der Waals surface area (Å²) in [6, 6.07) is 19.2. The first-order valence-electron chi connectivity index (χ1n) is 9.93. The summed E-state index contributed by atoms with van der Waals surface area (Å²) < 4.78 is 11.6. The van der Waals surface area contributed by atoms with Crippen LogP contribution in [-0.4, -0.2) is 34.5 Å². The third kappa shape index (κ3) is 3.22. The number of hydrogen-bond donors (Lipinski definition) is 2. The minimum absolute atomic E-state index is 0.203. The van der Waals surface area contributed by atoms with Crippen LogP contribution in [0.25, 0.3) is 33.1 Å². The molecule has 5 rings (SSSR count). The van der Waals surface area contributed by atoms with Crippen molar-refractivity contribution in [1.29, 1.82) is 0 Å². The van der Waals surface area contributed by atoms with Crippen molar-refractivity contribution in [2.75, 3.05) is 14.2 Å². The van der Waals surface area contributed by atoms with Crippen molar-refractivity contribution in [1.82, 2.24) is 15.2 Å². The fourth-order valence-electron chi connectivity index (χ4n) is 4.07. The van der Waals surface area contributed by atoms with Crippen LogP contribution in [0.15, 0.2) is 66.9 Å². The molecule has 0 spiro atoms. The van der Waals surface area contributed by atoms with Crippen LogP contribution >= 0.6 is 0 Å². The average Bonchev–Trinajstić information content (AvgIpc) is 3.28. The van der Waals surface area contributed by atoms with E-state index >= 15 is 0 Å². The molecule has 0 bridgehead atoms. The van der Waals surface area contributed by atoms with E-state index in [4.69, 9.17) is 14.5 Å². The lowest BCUT2D eigenvalue weighted by Gasteiger charge is -2.18. The van der Waals surface area contributed by atoms with E-state index in [0.717, 1.165) is 38.7 Å². The van der Waals surface area contributed by atoms with E-state index < -0.39 is 0 Å². The molecule has 2 heterocycles. The lowest BCUT2D eigenvalue weighted by atomic mass is 9.93. The van der Waals surface area contributed by atoms with Gasteiger partial charge in [0.05, 0.1) is 31.5 Å². The van der Waals surface area contributed by atoms with Crippen LogP contribution in [0.4, 0.5) is 0 Å². The van der Waals surface area contributed by atoms with Gasteiger partial charge in [-0.25, -0.2) is 4.98 Å². The third-order valence-corrected chi connectivity index (χ3v) is 5.51. The smallest absolute Gasteiger partial charge is 0.156 e. The maximum Gasteiger partial charge on any atom is 0.156 e. The summed E-state index contributed by atoms with van der Waals surface area (Å²) in [5, 5.41) is 19.8. The maximum atomic E-state index is 9.76. The van der Waals surface area contributed by atoms with Gasteiger partial charge in [0.2, 0.25) is 0 Å². The van der Waals surface area contributed by atoms with Crippen LogP contribution in [0.5, 0.6) is 17.2 Å². The Balaban J connectivity index is 1.91. The Labute approximate surface area is 179 Å². The molecule has 154 valence electrons. The second kappa shape index (κ2) is 7.65. The van der Waals surface area contributed by atoms with Gasteiger partial charge in [0, 0.05) is 34.4 Å². The molecule has 3 aromatic carbocycles. The van der Waals surface area contributed by atoms with Crippen LogP contribution in [0.2, 0.25) is 0 Å². The number of aromatic nitrogens is 3. The minimum atomic E-state index is 0.203. The Bertz CT molecular complexity index is 1380. The number of rotatable bonds is 5. The molecule has 5 aromatic rings. The quantitative estimate of drug-likeness (QED) is 0.421. The second-order valence-corrected chi connectivity index (χ2v) is 7.31. The Morgan fingerprint density at radius 2 is 1.65 bits per heavy atom. The molecule has 31 heavy (non-hydrogen) atoms. The van der Waals surface area contributed by atoms with Gasteiger partial charge in [0.15, 0.2) is 5.65 Å². The summed E-state index contributed by atoms with van der Waals surface area (Å²) in [6.07, 6.45) is 2.47. The third-order valence-electron chi connectivity index (χ3n) is 5.51. The molecule has 0 fully saturated rings. The normalized spacial score (nSPS) is 11.2. The average molecular weight is 411 g/mol. The monoisotopic (exact) mass is 411 g/mol. The first kappa shape index (κ1) is 18.9. The van der Waals surface area contributed by atoms with E-state index in [1.54, 1.807) is 32.5 Å². The summed E-state index contributed by atoms with van der Waals surface area (Å²) in [4.78, 5) is 4.86. The number of phenolic OH excluding ortho intramolecular Hbond substituents is 1. The second-order valence-electron chi connectivity index (χ2n) is 7.31. The number of aromatic hydroxyl groups is 1. The van der Waals surface area contributed by atoms with Crippen molar-refractivity contribution >= 4 is 21.8 Å². The lowest BCUT2D eigenvalue weighted by molar-refractivity contribution is 0.395. The molecule has 0 saturated heterocycles. The van der Waals surface area contributed by atoms with Gasteiger partial charge < -0.3 is 14.6 Å². The van der Waals surface area contributed by atoms with Crippen LogP contribution in [-0.2, 0) is 6.42 Å². The molecular formula is C25H21N3O3. The van der Waals surface area contributed by atoms with E-state index in [-0.39, 0.29) is 5.75 Å². The summed E-state index contributed by atoms with van der Waals surface area (Å²) in [5.41, 5.74) is 4.51. The molecule has 0 unspecified atom stereocenters. The number of pyridine rings is 1. The Morgan fingerprint density at radius 3 is 2.35 bits per heavy atom. The highest BCUT2D eigenvalue weighted by atomic mass is 16.5. The molecule has 0 aliphatic carbocycles. The number of benzene rings is 3. The number of ether oxygens (including phenoxy) is 2. The van der Waals surface area contributed by atoms with E-state index in [1.807, 2.05) is 36.4 Å². The summed E-state index contributed by atoms with van der Waals surface area (Å²) in [7, 11) is 3.31. The van der Waals surface area contributed by atoms with Crippen molar-refractivity contribution < 1.29 is 14.6 Å². The number of aromatic amines is 1. The molecule has 0 saturated carbocycles. The van der Waals surface area contributed by atoms with E-state index in [9.17, 15) is 5.11 Å². The van der Waals surface area contributed by atoms with E-state index in [1.165, 1.54) is 5.56 Å². The Kier molecular flexibility index (Phi) is 4.67. The fraction of sp³-hybridized carbons (Fsp3) is 0.120. The predicted octanol–water partition coefficient (Wildman–Crippen LogP) is 5.09. The van der Waals surface area contributed by atoms with Crippen molar-refractivity contribution in [3.8, 4) is 28.5 Å². The van der Waals surface area contributed by atoms with Gasteiger partial charge in [-0.3, -0.25) is 5.10 Å². The highest BCUT2D eigenvalue weighted by Gasteiger charge is 2.22. The summed E-state index contributed by atoms with van der Waals surface area (Å²) in [6.45, 7) is 0. The number of methoxy groups -OCH3 is 2. The molecule has 0 amide bonds. The number of phenols is 1. The molecular weight excluding hydrogens is 390 g/mol. The zero-order chi connectivity index (χ0) is 21.4. The maximum absolute atomic E-state index is 9.76. The van der Waals surface area contributed by atoms with Crippen LogP contribution in [0, 0.1) is 0 Å². The van der Waals surface area contributed by atoms with Crippen LogP contribution in [0.1, 0.15) is 11.1 Å². The molecule has 2 aromatic heterocycles. The van der Waals surface area contributed by atoms with Crippen molar-refractivity contribution in [3.05, 3.63) is 78.0 Å². The van der Waals surface area contributed by atoms with Crippen molar-refractivity contribution in [2.45, 2.75) is 6.42 Å². The van der Waals surface area contributed by atoms with Gasteiger partial charge in [-0.2, -0.15) is 5.10 Å². The van der Waals surface area contributed by atoms with E-state index in [2.05, 4.69) is 22.3 Å². The Morgan fingerprint density at radius 1 is 0.903 bits per heavy atom. The first-order valence-corrected chi connectivity index (χ1v) is 9.93. The first-order chi connectivity index (χ1) is 15.2. The summed E-state index contributed by atoms with van der Waals surface area (Å²) >= 11 is 0. The number of fused-ring (bicyclic) bond motifs is 3. The highest BCUT2D eigenvalue weighted by Crippen LogP contribution is 2.44. The molecule has 2 N–H and O–H groups in total. The van der Waals surface area contributed by atoms with Gasteiger partial charge in [0.1, 0.15) is 17.2 Å². The van der Waals surface area contributed by atoms with Gasteiger partial charge in [0.25, 0.3) is 0 Å². The zero-order valence-corrected chi connectivity index (χ0v) is 17.2. The minimum Gasteiger partial charge on any atom is -0.508 e. The van der Waals surface area contributed by atoms with Gasteiger partial charge in [-0.15, -0.1) is 0 Å². The van der Waals surface area contributed by atoms with Crippen LogP contribution < -0.4 is 9.47 Å². The van der Waals surface area contributed by atoms with E-state index in [0.29, 0.717) is 17.8 Å². The van der Waals surface area contributed by atoms with Gasteiger partial charge >= 0.3 is 0 Å². The zero-order valence-electron chi connectivity index (χ0n) is 17.2. The molecule has 6 nitrogen and oxygen atoms in total. The standard InChI is InChI=1S/C25H21N3O3/c1-30-20-13-21(31-2)23-22(18(20)12-15-6-4-3-5-7-15)19-14-26-28-25(19)27-24(23)16-8-10-17(29)11-9-16/h3-11,13-14,29H,12H2,1-2H3,(H,26,27,28). The SMILES string of the molecule is COc1cc(OC)c2c(-c3ccc(O)cc3)nc3[nH]ncc3c2c1Cc1ccccc1. The molecule has 0 aliphatic heterocycles. The van der Waals surface area contributed by atoms with Crippen LogP contribution in [0.3, 0.4) is 0 Å². The molecule has 0 aliphatic rings. The number of H-pyrrole nitrogens is 1. The van der Waals surface area contributed by atoms with Gasteiger partial charge in [-0.05, 0) is 29.8 Å². The number of nitrogens with one attached hydrogen (secondary N) is 1. The predicted molar refractivity (Wildman–Crippen MR) is 121 cm³/mol. The van der Waals surface area contributed by atoms with Crippen molar-refractivity contribution in [3.63, 3.8) is 0 Å². The topological polar surface area (TPSA) is 80.3 Å². The summed E-state index contributed by atoms with van der Waals surface area (Å²) in [5.74, 6) is 1.62. The molecule has 6 heteroatoms. The molecule has 0 atom stereocenters. The largest absolute Gasteiger partial charge is 0.508 e.